The third-order valence-electron chi connectivity index (χ3n) is 5.39. The molecule has 0 bridgehead atoms. The number of methoxy groups -OCH3 is 3. The van der Waals surface area contributed by atoms with E-state index in [4.69, 9.17) is 14.2 Å². The highest BCUT2D eigenvalue weighted by Crippen LogP contribution is 2.28. The molecular formula is C26H30N2O6S. The first-order valence-corrected chi connectivity index (χ1v) is 12.5. The Bertz CT molecular complexity index is 1210. The molecule has 3 rings (SSSR count). The number of benzene rings is 3. The van der Waals surface area contributed by atoms with Crippen molar-refractivity contribution in [2.24, 2.45) is 0 Å². The number of sulfonamides is 1. The van der Waals surface area contributed by atoms with Gasteiger partial charge in [-0.2, -0.15) is 0 Å². The van der Waals surface area contributed by atoms with Gasteiger partial charge in [-0.25, -0.2) is 8.42 Å². The van der Waals surface area contributed by atoms with Gasteiger partial charge in [0.25, 0.3) is 10.0 Å². The van der Waals surface area contributed by atoms with Crippen LogP contribution in [-0.2, 0) is 21.2 Å². The van der Waals surface area contributed by atoms with Gasteiger partial charge in [0.05, 0.1) is 31.9 Å². The zero-order valence-corrected chi connectivity index (χ0v) is 20.9. The molecule has 0 aliphatic rings. The van der Waals surface area contributed by atoms with Crippen molar-refractivity contribution in [3.8, 4) is 17.2 Å². The molecule has 0 heterocycles. The van der Waals surface area contributed by atoms with Gasteiger partial charge in [0, 0.05) is 6.54 Å². The fraction of sp³-hybridized carbons (Fsp3) is 0.269. The second-order valence-corrected chi connectivity index (χ2v) is 9.53. The fourth-order valence-electron chi connectivity index (χ4n) is 3.53. The Kier molecular flexibility index (Phi) is 8.97. The van der Waals surface area contributed by atoms with E-state index >= 15 is 0 Å². The van der Waals surface area contributed by atoms with Crippen molar-refractivity contribution >= 4 is 21.6 Å². The largest absolute Gasteiger partial charge is 0.497 e. The molecular weight excluding hydrogens is 468 g/mol. The molecule has 0 saturated heterocycles. The molecule has 35 heavy (non-hydrogen) atoms. The summed E-state index contributed by atoms with van der Waals surface area (Å²) in [6, 6.07) is 20.3. The predicted molar refractivity (Wildman–Crippen MR) is 135 cm³/mol. The first-order chi connectivity index (χ1) is 16.9. The molecule has 0 spiro atoms. The molecule has 1 amide bonds. The number of hydrogen-bond acceptors (Lipinski definition) is 6. The number of carbonyl (C=O) groups excluding carboxylic acids is 1. The molecule has 186 valence electrons. The molecule has 1 N–H and O–H groups in total. The van der Waals surface area contributed by atoms with Crippen molar-refractivity contribution in [2.75, 3.05) is 38.7 Å². The van der Waals surface area contributed by atoms with E-state index in [1.807, 2.05) is 18.2 Å². The Labute approximate surface area is 206 Å². The minimum Gasteiger partial charge on any atom is -0.497 e. The third-order valence-corrected chi connectivity index (χ3v) is 7.18. The average molecular weight is 499 g/mol. The summed E-state index contributed by atoms with van der Waals surface area (Å²) in [5.74, 6) is 1.46. The van der Waals surface area contributed by atoms with Crippen LogP contribution in [0.4, 0.5) is 5.69 Å². The first kappa shape index (κ1) is 25.9. The molecule has 3 aromatic rings. The quantitative estimate of drug-likeness (QED) is 0.383. The van der Waals surface area contributed by atoms with Crippen molar-refractivity contribution in [3.63, 3.8) is 0 Å². The SMILES string of the molecule is COc1ccc(S(=O)(=O)N(CC(=O)NCCCc2ccc(OC)c(OC)c2)c2ccccc2)cc1. The number of nitrogens with zero attached hydrogens (tertiary/aromatic N) is 1. The van der Waals surface area contributed by atoms with E-state index in [0.29, 0.717) is 42.3 Å². The van der Waals surface area contributed by atoms with Gasteiger partial charge in [-0.15, -0.1) is 0 Å². The number of ether oxygens (including phenoxy) is 3. The van der Waals surface area contributed by atoms with Gasteiger partial charge in [-0.1, -0.05) is 24.3 Å². The average Bonchev–Trinajstić information content (AvgIpc) is 2.90. The molecule has 0 unspecified atom stereocenters. The lowest BCUT2D eigenvalue weighted by molar-refractivity contribution is -0.119. The Morgan fingerprint density at radius 1 is 0.857 bits per heavy atom. The number of para-hydroxylation sites is 1. The van der Waals surface area contributed by atoms with E-state index in [1.165, 1.54) is 19.2 Å². The molecule has 0 saturated carbocycles. The highest BCUT2D eigenvalue weighted by Gasteiger charge is 2.27. The van der Waals surface area contributed by atoms with Crippen molar-refractivity contribution in [2.45, 2.75) is 17.7 Å². The lowest BCUT2D eigenvalue weighted by atomic mass is 10.1. The smallest absolute Gasteiger partial charge is 0.264 e. The van der Waals surface area contributed by atoms with Crippen molar-refractivity contribution in [1.29, 1.82) is 0 Å². The lowest BCUT2D eigenvalue weighted by Crippen LogP contribution is -2.41. The maximum absolute atomic E-state index is 13.4. The van der Waals surface area contributed by atoms with Gasteiger partial charge >= 0.3 is 0 Å². The molecule has 9 heteroatoms. The van der Waals surface area contributed by atoms with Crippen LogP contribution in [0.25, 0.3) is 0 Å². The normalized spacial score (nSPS) is 10.9. The summed E-state index contributed by atoms with van der Waals surface area (Å²) < 4.78 is 43.6. The second-order valence-electron chi connectivity index (χ2n) is 7.67. The summed E-state index contributed by atoms with van der Waals surface area (Å²) in [6.07, 6.45) is 1.39. The highest BCUT2D eigenvalue weighted by molar-refractivity contribution is 7.92. The van der Waals surface area contributed by atoms with Gasteiger partial charge in [0.2, 0.25) is 5.91 Å². The summed E-state index contributed by atoms with van der Waals surface area (Å²) in [6.45, 7) is 0.0626. The van der Waals surface area contributed by atoms with Crippen LogP contribution >= 0.6 is 0 Å². The monoisotopic (exact) mass is 498 g/mol. The first-order valence-electron chi connectivity index (χ1n) is 11.1. The lowest BCUT2D eigenvalue weighted by Gasteiger charge is -2.24. The number of rotatable bonds is 12. The van der Waals surface area contributed by atoms with Crippen LogP contribution in [0.15, 0.2) is 77.7 Å². The van der Waals surface area contributed by atoms with Crippen LogP contribution in [-0.4, -0.2) is 48.7 Å². The maximum Gasteiger partial charge on any atom is 0.264 e. The number of anilines is 1. The van der Waals surface area contributed by atoms with E-state index in [-0.39, 0.29) is 11.4 Å². The topological polar surface area (TPSA) is 94.2 Å². The van der Waals surface area contributed by atoms with Crippen LogP contribution in [0.3, 0.4) is 0 Å². The van der Waals surface area contributed by atoms with Crippen molar-refractivity contribution in [3.05, 3.63) is 78.4 Å². The number of aryl methyl sites for hydroxylation is 1. The Morgan fingerprint density at radius 3 is 2.17 bits per heavy atom. The van der Waals surface area contributed by atoms with Crippen LogP contribution in [0.2, 0.25) is 0 Å². The summed E-state index contributed by atoms with van der Waals surface area (Å²) in [5.41, 5.74) is 1.45. The predicted octanol–water partition coefficient (Wildman–Crippen LogP) is 3.66. The molecule has 0 atom stereocenters. The number of hydrogen-bond donors (Lipinski definition) is 1. The minimum atomic E-state index is -3.97. The van der Waals surface area contributed by atoms with Gasteiger partial charge in [-0.05, 0) is 66.9 Å². The zero-order chi connectivity index (χ0) is 25.3. The summed E-state index contributed by atoms with van der Waals surface area (Å²) in [5, 5.41) is 2.83. The van der Waals surface area contributed by atoms with Crippen LogP contribution in [0.1, 0.15) is 12.0 Å². The van der Waals surface area contributed by atoms with Gasteiger partial charge in [0.15, 0.2) is 11.5 Å². The van der Waals surface area contributed by atoms with E-state index in [0.717, 1.165) is 9.87 Å². The summed E-state index contributed by atoms with van der Waals surface area (Å²) in [4.78, 5) is 12.8. The molecule has 0 fully saturated rings. The molecule has 8 nitrogen and oxygen atoms in total. The van der Waals surface area contributed by atoms with Crippen LogP contribution < -0.4 is 23.8 Å². The Morgan fingerprint density at radius 2 is 1.54 bits per heavy atom. The Balaban J connectivity index is 1.65. The maximum atomic E-state index is 13.4. The molecule has 0 aromatic heterocycles. The van der Waals surface area contributed by atoms with Crippen LogP contribution in [0.5, 0.6) is 17.2 Å². The number of amides is 1. The van der Waals surface area contributed by atoms with E-state index < -0.39 is 15.9 Å². The van der Waals surface area contributed by atoms with Crippen LogP contribution in [0, 0.1) is 0 Å². The van der Waals surface area contributed by atoms with E-state index in [9.17, 15) is 13.2 Å². The molecule has 0 aliphatic carbocycles. The number of nitrogens with one attached hydrogen (secondary N) is 1. The number of carbonyl (C=O) groups is 1. The molecule has 0 aliphatic heterocycles. The van der Waals surface area contributed by atoms with E-state index in [2.05, 4.69) is 5.32 Å². The molecule has 0 radical (unpaired) electrons. The van der Waals surface area contributed by atoms with Crippen molar-refractivity contribution in [1.82, 2.24) is 5.32 Å². The molecule has 3 aromatic carbocycles. The minimum absolute atomic E-state index is 0.0726. The third kappa shape index (κ3) is 6.66. The fourth-order valence-corrected chi connectivity index (χ4v) is 4.95. The highest BCUT2D eigenvalue weighted by atomic mass is 32.2. The van der Waals surface area contributed by atoms with Crippen molar-refractivity contribution < 1.29 is 27.4 Å². The van der Waals surface area contributed by atoms with Gasteiger partial charge in [0.1, 0.15) is 12.3 Å². The van der Waals surface area contributed by atoms with Gasteiger partial charge in [-0.3, -0.25) is 9.10 Å². The second kappa shape index (κ2) is 12.1. The summed E-state index contributed by atoms with van der Waals surface area (Å²) in [7, 11) is 0.706. The van der Waals surface area contributed by atoms with Gasteiger partial charge < -0.3 is 19.5 Å². The summed E-state index contributed by atoms with van der Waals surface area (Å²) >= 11 is 0. The standard InChI is InChI=1S/C26H30N2O6S/c1-32-22-12-14-23(15-13-22)35(30,31)28(21-9-5-4-6-10-21)19-26(29)27-17-7-8-20-11-16-24(33-2)25(18-20)34-3/h4-6,9-16,18H,7-8,17,19H2,1-3H3,(H,27,29). The van der Waals surface area contributed by atoms with E-state index in [1.54, 1.807) is 56.7 Å². The Hall–Kier alpha value is -3.72. The zero-order valence-electron chi connectivity index (χ0n) is 20.1.